The molecule has 0 spiro atoms. The van der Waals surface area contributed by atoms with E-state index < -0.39 is 0 Å². The molecule has 0 radical (unpaired) electrons. The SMILES string of the molecule is Cc1nc2ccc(NCc3ccc(-n4cncn4)c(C)c3)cc2o1. The fourth-order valence-electron chi connectivity index (χ4n) is 2.77. The quantitative estimate of drug-likeness (QED) is 0.622. The summed E-state index contributed by atoms with van der Waals surface area (Å²) in [5.74, 6) is 0.682. The Hall–Kier alpha value is -3.15. The number of aryl methyl sites for hydroxylation is 2. The van der Waals surface area contributed by atoms with Gasteiger partial charge in [0.25, 0.3) is 0 Å². The Labute approximate surface area is 139 Å². The molecule has 0 unspecified atom stereocenters. The second kappa shape index (κ2) is 5.81. The number of fused-ring (bicyclic) bond motifs is 1. The number of rotatable bonds is 4. The molecular weight excluding hydrogens is 302 g/mol. The van der Waals surface area contributed by atoms with Crippen LogP contribution in [0, 0.1) is 13.8 Å². The molecule has 0 saturated heterocycles. The number of hydrogen-bond donors (Lipinski definition) is 1. The topological polar surface area (TPSA) is 68.8 Å². The van der Waals surface area contributed by atoms with Crippen LogP contribution in [0.3, 0.4) is 0 Å². The Morgan fingerprint density at radius 2 is 2.04 bits per heavy atom. The number of benzene rings is 2. The van der Waals surface area contributed by atoms with E-state index in [2.05, 4.69) is 45.5 Å². The van der Waals surface area contributed by atoms with Gasteiger partial charge in [-0.05, 0) is 36.2 Å². The summed E-state index contributed by atoms with van der Waals surface area (Å²) in [4.78, 5) is 8.30. The van der Waals surface area contributed by atoms with Gasteiger partial charge in [-0.15, -0.1) is 0 Å². The molecular formula is C18H17N5O. The summed E-state index contributed by atoms with van der Waals surface area (Å²) in [6.07, 6.45) is 3.24. The minimum Gasteiger partial charge on any atom is -0.441 e. The van der Waals surface area contributed by atoms with Crippen LogP contribution in [-0.4, -0.2) is 19.7 Å². The molecule has 2 heterocycles. The first-order valence-corrected chi connectivity index (χ1v) is 7.75. The first-order valence-electron chi connectivity index (χ1n) is 7.75. The van der Waals surface area contributed by atoms with Crippen molar-refractivity contribution in [2.24, 2.45) is 0 Å². The van der Waals surface area contributed by atoms with Gasteiger partial charge in [0.2, 0.25) is 0 Å². The lowest BCUT2D eigenvalue weighted by atomic mass is 10.1. The van der Waals surface area contributed by atoms with E-state index in [0.29, 0.717) is 5.89 Å². The lowest BCUT2D eigenvalue weighted by molar-refractivity contribution is 0.561. The molecule has 0 aliphatic carbocycles. The molecule has 0 atom stereocenters. The zero-order valence-corrected chi connectivity index (χ0v) is 13.5. The molecule has 0 fully saturated rings. The van der Waals surface area contributed by atoms with E-state index in [9.17, 15) is 0 Å². The molecule has 4 rings (SSSR count). The Balaban J connectivity index is 1.51. The van der Waals surface area contributed by atoms with Crippen molar-refractivity contribution in [2.75, 3.05) is 5.32 Å². The summed E-state index contributed by atoms with van der Waals surface area (Å²) in [6, 6.07) is 12.3. The predicted molar refractivity (Wildman–Crippen MR) is 92.2 cm³/mol. The average Bonchev–Trinajstić information content (AvgIpc) is 3.21. The van der Waals surface area contributed by atoms with E-state index in [1.165, 1.54) is 11.9 Å². The number of nitrogens with one attached hydrogen (secondary N) is 1. The highest BCUT2D eigenvalue weighted by atomic mass is 16.3. The third-order valence-electron chi connectivity index (χ3n) is 3.92. The molecule has 6 heteroatoms. The molecule has 24 heavy (non-hydrogen) atoms. The lowest BCUT2D eigenvalue weighted by Crippen LogP contribution is -2.02. The van der Waals surface area contributed by atoms with Gasteiger partial charge in [0.05, 0.1) is 5.69 Å². The summed E-state index contributed by atoms with van der Waals surface area (Å²) in [7, 11) is 0. The van der Waals surface area contributed by atoms with Crippen molar-refractivity contribution in [1.29, 1.82) is 0 Å². The van der Waals surface area contributed by atoms with Gasteiger partial charge in [-0.1, -0.05) is 12.1 Å². The highest BCUT2D eigenvalue weighted by Gasteiger charge is 2.05. The van der Waals surface area contributed by atoms with Crippen LogP contribution in [0.25, 0.3) is 16.8 Å². The van der Waals surface area contributed by atoms with Gasteiger partial charge in [-0.3, -0.25) is 0 Å². The second-order valence-corrected chi connectivity index (χ2v) is 5.73. The smallest absolute Gasteiger partial charge is 0.192 e. The predicted octanol–water partition coefficient (Wildman–Crippen LogP) is 3.64. The van der Waals surface area contributed by atoms with E-state index in [1.807, 2.05) is 25.1 Å². The van der Waals surface area contributed by atoms with E-state index in [4.69, 9.17) is 4.42 Å². The fraction of sp³-hybridized carbons (Fsp3) is 0.167. The van der Waals surface area contributed by atoms with Crippen LogP contribution in [0.1, 0.15) is 17.0 Å². The highest BCUT2D eigenvalue weighted by Crippen LogP contribution is 2.21. The van der Waals surface area contributed by atoms with Crippen LogP contribution < -0.4 is 5.32 Å². The normalized spacial score (nSPS) is 11.1. The van der Waals surface area contributed by atoms with Gasteiger partial charge in [-0.25, -0.2) is 14.6 Å². The molecule has 0 aliphatic heterocycles. The van der Waals surface area contributed by atoms with Crippen molar-refractivity contribution in [3.8, 4) is 5.69 Å². The molecule has 0 aliphatic rings. The minimum atomic E-state index is 0.682. The van der Waals surface area contributed by atoms with E-state index in [-0.39, 0.29) is 0 Å². The Morgan fingerprint density at radius 1 is 1.12 bits per heavy atom. The van der Waals surface area contributed by atoms with Gasteiger partial charge in [0.1, 0.15) is 18.2 Å². The van der Waals surface area contributed by atoms with Crippen LogP contribution in [0.4, 0.5) is 5.69 Å². The zero-order valence-electron chi connectivity index (χ0n) is 13.5. The van der Waals surface area contributed by atoms with Crippen molar-refractivity contribution >= 4 is 16.8 Å². The van der Waals surface area contributed by atoms with Gasteiger partial charge in [0, 0.05) is 25.2 Å². The van der Waals surface area contributed by atoms with E-state index in [1.54, 1.807) is 11.0 Å². The maximum atomic E-state index is 5.57. The molecule has 1 N–H and O–H groups in total. The van der Waals surface area contributed by atoms with Crippen molar-refractivity contribution in [3.63, 3.8) is 0 Å². The monoisotopic (exact) mass is 319 g/mol. The largest absolute Gasteiger partial charge is 0.441 e. The summed E-state index contributed by atoms with van der Waals surface area (Å²) >= 11 is 0. The number of nitrogens with zero attached hydrogens (tertiary/aromatic N) is 4. The van der Waals surface area contributed by atoms with E-state index >= 15 is 0 Å². The maximum Gasteiger partial charge on any atom is 0.192 e. The van der Waals surface area contributed by atoms with Gasteiger partial charge < -0.3 is 9.73 Å². The lowest BCUT2D eigenvalue weighted by Gasteiger charge is -2.10. The molecule has 0 saturated carbocycles. The maximum absolute atomic E-state index is 5.57. The van der Waals surface area contributed by atoms with Crippen molar-refractivity contribution < 1.29 is 4.42 Å². The molecule has 120 valence electrons. The Morgan fingerprint density at radius 3 is 2.83 bits per heavy atom. The molecule has 2 aromatic carbocycles. The zero-order chi connectivity index (χ0) is 16.5. The first kappa shape index (κ1) is 14.4. The van der Waals surface area contributed by atoms with Crippen LogP contribution in [0.2, 0.25) is 0 Å². The van der Waals surface area contributed by atoms with Crippen LogP contribution in [0.15, 0.2) is 53.5 Å². The standard InChI is InChI=1S/C18H17N5O/c1-12-7-14(3-6-17(12)23-11-19-10-21-23)9-20-15-4-5-16-18(8-15)24-13(2)22-16/h3-8,10-11,20H,9H2,1-2H3. The van der Waals surface area contributed by atoms with Crippen LogP contribution in [0.5, 0.6) is 0 Å². The number of oxazole rings is 1. The van der Waals surface area contributed by atoms with Gasteiger partial charge in [0.15, 0.2) is 11.5 Å². The summed E-state index contributed by atoms with van der Waals surface area (Å²) in [5.41, 5.74) is 6.08. The number of anilines is 1. The van der Waals surface area contributed by atoms with Crippen molar-refractivity contribution in [1.82, 2.24) is 19.7 Å². The van der Waals surface area contributed by atoms with Crippen molar-refractivity contribution in [2.45, 2.75) is 20.4 Å². The molecule has 2 aromatic heterocycles. The highest BCUT2D eigenvalue weighted by molar-refractivity contribution is 5.77. The molecule has 0 bridgehead atoms. The number of aromatic nitrogens is 4. The molecule has 4 aromatic rings. The Kier molecular flexibility index (Phi) is 3.49. The van der Waals surface area contributed by atoms with Crippen LogP contribution >= 0.6 is 0 Å². The molecule has 6 nitrogen and oxygen atoms in total. The molecule has 0 amide bonds. The fourth-order valence-corrected chi connectivity index (χ4v) is 2.77. The van der Waals surface area contributed by atoms with Crippen LogP contribution in [-0.2, 0) is 6.54 Å². The Bertz CT molecular complexity index is 988. The van der Waals surface area contributed by atoms with Crippen molar-refractivity contribution in [3.05, 3.63) is 66.1 Å². The summed E-state index contributed by atoms with van der Waals surface area (Å²) in [6.45, 7) is 4.66. The first-order chi connectivity index (χ1) is 11.7. The third-order valence-corrected chi connectivity index (χ3v) is 3.92. The average molecular weight is 319 g/mol. The summed E-state index contributed by atoms with van der Waals surface area (Å²) < 4.78 is 7.34. The van der Waals surface area contributed by atoms with Gasteiger partial charge >= 0.3 is 0 Å². The summed E-state index contributed by atoms with van der Waals surface area (Å²) in [5, 5.41) is 7.60. The minimum absolute atomic E-state index is 0.682. The second-order valence-electron chi connectivity index (χ2n) is 5.73. The van der Waals surface area contributed by atoms with Gasteiger partial charge in [-0.2, -0.15) is 5.10 Å². The number of hydrogen-bond acceptors (Lipinski definition) is 5. The van der Waals surface area contributed by atoms with E-state index in [0.717, 1.165) is 34.6 Å². The third kappa shape index (κ3) is 2.74.